The molecule has 0 bridgehead atoms. The van der Waals surface area contributed by atoms with Crippen LogP contribution < -0.4 is 20.5 Å². The van der Waals surface area contributed by atoms with E-state index >= 15 is 0 Å². The van der Waals surface area contributed by atoms with Crippen LogP contribution in [0.5, 0.6) is 11.5 Å². The summed E-state index contributed by atoms with van der Waals surface area (Å²) in [4.78, 5) is 29.2. The topological polar surface area (TPSA) is 82.5 Å². The zero-order chi connectivity index (χ0) is 19.2. The predicted molar refractivity (Wildman–Crippen MR) is 103 cm³/mol. The predicted octanol–water partition coefficient (Wildman–Crippen LogP) is 2.97. The van der Waals surface area contributed by atoms with Gasteiger partial charge in [0.1, 0.15) is 6.33 Å². The van der Waals surface area contributed by atoms with Gasteiger partial charge in [-0.05, 0) is 36.8 Å². The summed E-state index contributed by atoms with van der Waals surface area (Å²) < 4.78 is 12.1. The summed E-state index contributed by atoms with van der Waals surface area (Å²) in [6.45, 7) is 2.66. The van der Waals surface area contributed by atoms with Crippen LogP contribution in [-0.4, -0.2) is 29.3 Å². The number of methoxy groups -OCH3 is 1. The summed E-state index contributed by atoms with van der Waals surface area (Å²) in [7, 11) is 1.52. The number of amides is 1. The van der Waals surface area contributed by atoms with E-state index in [1.165, 1.54) is 13.4 Å². The Balaban J connectivity index is 1.82. The highest BCUT2D eigenvalue weighted by molar-refractivity contribution is 6.00. The number of carbonyl (C=O) groups excluding carboxylic acids is 1. The van der Waals surface area contributed by atoms with Crippen molar-refractivity contribution in [3.63, 3.8) is 0 Å². The van der Waals surface area contributed by atoms with Gasteiger partial charge in [0, 0.05) is 5.56 Å². The Morgan fingerprint density at radius 2 is 2.00 bits per heavy atom. The number of rotatable bonds is 7. The summed E-state index contributed by atoms with van der Waals surface area (Å²) in [5.74, 6) is 0.586. The van der Waals surface area contributed by atoms with E-state index in [0.717, 1.165) is 17.5 Å². The van der Waals surface area contributed by atoms with Crippen LogP contribution in [0.3, 0.4) is 0 Å². The molecule has 1 heterocycles. The summed E-state index contributed by atoms with van der Waals surface area (Å²) in [6.07, 6.45) is 3.25. The highest BCUT2D eigenvalue weighted by Gasteiger charge is 2.13. The zero-order valence-electron chi connectivity index (χ0n) is 15.3. The third-order valence-electron chi connectivity index (χ3n) is 4.07. The molecule has 2 aromatic carbocycles. The van der Waals surface area contributed by atoms with Crippen molar-refractivity contribution in [2.24, 2.45) is 0 Å². The smallest absolute Gasteiger partial charge is 0.280 e. The van der Waals surface area contributed by atoms with Crippen molar-refractivity contribution in [3.05, 3.63) is 64.7 Å². The molecule has 0 saturated carbocycles. The molecule has 0 aliphatic heterocycles. The molecule has 0 fully saturated rings. The van der Waals surface area contributed by atoms with Crippen molar-refractivity contribution in [3.8, 4) is 11.5 Å². The Labute approximate surface area is 156 Å². The second-order valence-electron chi connectivity index (χ2n) is 5.95. The van der Waals surface area contributed by atoms with Gasteiger partial charge < -0.3 is 9.47 Å². The number of benzene rings is 2. The summed E-state index contributed by atoms with van der Waals surface area (Å²) in [5, 5.41) is 0.428. The monoisotopic (exact) mass is 367 g/mol. The number of nitrogens with zero attached hydrogens (tertiary/aromatic N) is 2. The fourth-order valence-corrected chi connectivity index (χ4v) is 2.58. The second-order valence-corrected chi connectivity index (χ2v) is 5.95. The first-order chi connectivity index (χ1) is 13.1. The number of ether oxygens (including phenoxy) is 2. The molecule has 0 unspecified atom stereocenters. The minimum atomic E-state index is -0.451. The van der Waals surface area contributed by atoms with Crippen molar-refractivity contribution < 1.29 is 14.3 Å². The molecule has 1 N–H and O–H groups in total. The van der Waals surface area contributed by atoms with E-state index in [-0.39, 0.29) is 5.56 Å². The van der Waals surface area contributed by atoms with Crippen LogP contribution in [-0.2, 0) is 0 Å². The summed E-state index contributed by atoms with van der Waals surface area (Å²) in [6, 6.07) is 11.8. The SMILES string of the molecule is CCCCOc1ccc(C(=O)Nn2cnc3ccccc3c2=O)cc1OC. The van der Waals surface area contributed by atoms with E-state index < -0.39 is 5.91 Å². The molecule has 1 amide bonds. The van der Waals surface area contributed by atoms with Gasteiger partial charge in [0.2, 0.25) is 0 Å². The standard InChI is InChI=1S/C20H21N3O4/c1-3-4-11-27-17-10-9-14(12-18(17)26-2)19(24)22-23-13-21-16-8-6-5-7-15(16)20(23)25/h5-10,12-13H,3-4,11H2,1-2H3,(H,22,24). The fourth-order valence-electron chi connectivity index (χ4n) is 2.58. The molecule has 0 aliphatic carbocycles. The first kappa shape index (κ1) is 18.4. The van der Waals surface area contributed by atoms with Crippen LogP contribution in [0.15, 0.2) is 53.6 Å². The number of carbonyl (C=O) groups is 1. The molecule has 7 heteroatoms. The van der Waals surface area contributed by atoms with Crippen LogP contribution in [0.25, 0.3) is 10.9 Å². The third kappa shape index (κ3) is 4.08. The van der Waals surface area contributed by atoms with Crippen molar-refractivity contribution >= 4 is 16.8 Å². The van der Waals surface area contributed by atoms with Gasteiger partial charge in [-0.25, -0.2) is 9.66 Å². The van der Waals surface area contributed by atoms with Gasteiger partial charge in [-0.3, -0.25) is 15.0 Å². The summed E-state index contributed by atoms with van der Waals surface area (Å²) >= 11 is 0. The van der Waals surface area contributed by atoms with Crippen LogP contribution >= 0.6 is 0 Å². The molecule has 3 rings (SSSR count). The molecule has 0 atom stereocenters. The average Bonchev–Trinajstić information content (AvgIpc) is 2.70. The molecule has 7 nitrogen and oxygen atoms in total. The fraction of sp³-hybridized carbons (Fsp3) is 0.250. The Hall–Kier alpha value is -3.35. The van der Waals surface area contributed by atoms with Gasteiger partial charge in [-0.15, -0.1) is 0 Å². The van der Waals surface area contributed by atoms with Crippen molar-refractivity contribution in [2.75, 3.05) is 19.1 Å². The number of para-hydroxylation sites is 1. The number of fused-ring (bicyclic) bond motifs is 1. The van der Waals surface area contributed by atoms with E-state index in [1.54, 1.807) is 42.5 Å². The molecule has 0 saturated heterocycles. The Morgan fingerprint density at radius 3 is 2.78 bits per heavy atom. The van der Waals surface area contributed by atoms with Crippen molar-refractivity contribution in [1.29, 1.82) is 0 Å². The quantitative estimate of drug-likeness (QED) is 0.649. The molecule has 0 radical (unpaired) electrons. The molecule has 0 aliphatic rings. The third-order valence-corrected chi connectivity index (χ3v) is 4.07. The maximum atomic E-state index is 12.5. The van der Waals surface area contributed by atoms with E-state index in [0.29, 0.717) is 34.6 Å². The van der Waals surface area contributed by atoms with Gasteiger partial charge in [-0.1, -0.05) is 25.5 Å². The first-order valence-corrected chi connectivity index (χ1v) is 8.72. The zero-order valence-corrected chi connectivity index (χ0v) is 15.3. The molecule has 1 aromatic heterocycles. The second kappa shape index (κ2) is 8.35. The Kier molecular flexibility index (Phi) is 5.71. The van der Waals surface area contributed by atoms with Crippen LogP contribution in [0.4, 0.5) is 0 Å². The van der Waals surface area contributed by atoms with E-state index in [4.69, 9.17) is 9.47 Å². The maximum Gasteiger partial charge on any atom is 0.280 e. The van der Waals surface area contributed by atoms with Crippen molar-refractivity contribution in [1.82, 2.24) is 9.66 Å². The van der Waals surface area contributed by atoms with Gasteiger partial charge in [0.25, 0.3) is 11.5 Å². The number of unbranched alkanes of at least 4 members (excludes halogenated alkanes) is 1. The van der Waals surface area contributed by atoms with E-state index in [9.17, 15) is 9.59 Å². The lowest BCUT2D eigenvalue weighted by Gasteiger charge is -2.13. The Morgan fingerprint density at radius 1 is 1.19 bits per heavy atom. The number of hydrogen-bond acceptors (Lipinski definition) is 5. The lowest BCUT2D eigenvalue weighted by Crippen LogP contribution is -2.33. The van der Waals surface area contributed by atoms with Gasteiger partial charge in [0.15, 0.2) is 11.5 Å². The molecule has 0 spiro atoms. The maximum absolute atomic E-state index is 12.5. The normalized spacial score (nSPS) is 10.6. The minimum absolute atomic E-state index is 0.342. The number of aromatic nitrogens is 2. The van der Waals surface area contributed by atoms with E-state index in [2.05, 4.69) is 17.3 Å². The van der Waals surface area contributed by atoms with Gasteiger partial charge in [0.05, 0.1) is 24.6 Å². The highest BCUT2D eigenvalue weighted by Crippen LogP contribution is 2.28. The number of nitrogens with one attached hydrogen (secondary N) is 1. The molecule has 27 heavy (non-hydrogen) atoms. The van der Waals surface area contributed by atoms with E-state index in [1.807, 2.05) is 0 Å². The minimum Gasteiger partial charge on any atom is -0.493 e. The lowest BCUT2D eigenvalue weighted by atomic mass is 10.2. The highest BCUT2D eigenvalue weighted by atomic mass is 16.5. The molecular formula is C20H21N3O4. The van der Waals surface area contributed by atoms with Gasteiger partial charge in [-0.2, -0.15) is 0 Å². The van der Waals surface area contributed by atoms with Crippen LogP contribution in [0.2, 0.25) is 0 Å². The summed E-state index contributed by atoms with van der Waals surface area (Å²) in [5.41, 5.74) is 3.12. The molecule has 140 valence electrons. The van der Waals surface area contributed by atoms with Gasteiger partial charge >= 0.3 is 0 Å². The first-order valence-electron chi connectivity index (χ1n) is 8.72. The lowest BCUT2D eigenvalue weighted by molar-refractivity contribution is 0.101. The Bertz CT molecular complexity index is 1010. The van der Waals surface area contributed by atoms with Crippen molar-refractivity contribution in [2.45, 2.75) is 19.8 Å². The largest absolute Gasteiger partial charge is 0.493 e. The van der Waals surface area contributed by atoms with Crippen LogP contribution in [0.1, 0.15) is 30.1 Å². The molecule has 3 aromatic rings. The number of hydrogen-bond donors (Lipinski definition) is 1. The van der Waals surface area contributed by atoms with Crippen LogP contribution in [0, 0.1) is 0 Å². The molecular weight excluding hydrogens is 346 g/mol. The average molecular weight is 367 g/mol.